The van der Waals surface area contributed by atoms with Crippen molar-refractivity contribution in [1.29, 1.82) is 0 Å². The van der Waals surface area contributed by atoms with E-state index in [-0.39, 0.29) is 18.5 Å². The fraction of sp³-hybridized carbons (Fsp3) is 0.296. The highest BCUT2D eigenvalue weighted by atomic mass is 19.1. The van der Waals surface area contributed by atoms with Gasteiger partial charge in [-0.3, -0.25) is 4.90 Å². The normalized spacial score (nSPS) is 16.5. The Morgan fingerprint density at radius 1 is 1.00 bits per heavy atom. The van der Waals surface area contributed by atoms with E-state index in [0.717, 1.165) is 22.4 Å². The van der Waals surface area contributed by atoms with Gasteiger partial charge in [0.15, 0.2) is 0 Å². The predicted molar refractivity (Wildman–Crippen MR) is 126 cm³/mol. The van der Waals surface area contributed by atoms with Crippen molar-refractivity contribution in [2.75, 3.05) is 19.7 Å². The summed E-state index contributed by atoms with van der Waals surface area (Å²) in [6.45, 7) is 2.10. The molecule has 2 atom stereocenters. The van der Waals surface area contributed by atoms with E-state index >= 15 is 0 Å². The van der Waals surface area contributed by atoms with Gasteiger partial charge in [-0.25, -0.2) is 4.39 Å². The quantitative estimate of drug-likeness (QED) is 0.473. The third-order valence-corrected chi connectivity index (χ3v) is 5.49. The maximum absolute atomic E-state index is 13.7. The van der Waals surface area contributed by atoms with Gasteiger partial charge in [0.1, 0.15) is 11.9 Å². The van der Waals surface area contributed by atoms with E-state index in [1.807, 2.05) is 66.7 Å². The molecular weight excluding hydrogens is 419 g/mol. The van der Waals surface area contributed by atoms with E-state index in [1.54, 1.807) is 6.07 Å². The highest BCUT2D eigenvalue weighted by Gasteiger charge is 2.25. The van der Waals surface area contributed by atoms with Gasteiger partial charge in [-0.2, -0.15) is 0 Å². The van der Waals surface area contributed by atoms with Gasteiger partial charge in [0.2, 0.25) is 0 Å². The first-order valence-corrected chi connectivity index (χ1v) is 11.2. The Labute approximate surface area is 194 Å². The molecule has 4 rings (SSSR count). The van der Waals surface area contributed by atoms with Gasteiger partial charge in [0.25, 0.3) is 0 Å². The first-order valence-electron chi connectivity index (χ1n) is 11.2. The number of nitrogens with zero attached hydrogens (tertiary/aromatic N) is 2. The molecule has 0 aromatic heterocycles. The lowest BCUT2D eigenvalue weighted by atomic mass is 10.0. The molecule has 0 radical (unpaired) electrons. The van der Waals surface area contributed by atoms with E-state index in [1.165, 1.54) is 12.1 Å². The Hall–Kier alpha value is -3.06. The molecule has 1 N–H and O–H groups in total. The van der Waals surface area contributed by atoms with Crippen LogP contribution in [0.4, 0.5) is 4.39 Å². The number of hydrogen-bond acceptors (Lipinski definition) is 5. The van der Waals surface area contributed by atoms with Gasteiger partial charge < -0.3 is 14.7 Å². The van der Waals surface area contributed by atoms with Crippen LogP contribution in [-0.4, -0.2) is 47.6 Å². The lowest BCUT2D eigenvalue weighted by Crippen LogP contribution is -2.39. The van der Waals surface area contributed by atoms with Gasteiger partial charge in [0, 0.05) is 26.1 Å². The summed E-state index contributed by atoms with van der Waals surface area (Å²) in [4.78, 5) is 7.76. The van der Waals surface area contributed by atoms with E-state index < -0.39 is 6.10 Å². The molecule has 0 spiro atoms. The van der Waals surface area contributed by atoms with E-state index in [2.05, 4.69) is 10.1 Å². The van der Waals surface area contributed by atoms with Crippen molar-refractivity contribution in [2.45, 2.75) is 31.8 Å². The zero-order valence-corrected chi connectivity index (χ0v) is 18.5. The van der Waals surface area contributed by atoms with E-state index in [4.69, 9.17) is 9.57 Å². The van der Waals surface area contributed by atoms with Crippen molar-refractivity contribution in [3.8, 4) is 0 Å². The average Bonchev–Trinajstić information content (AvgIpc) is 3.29. The summed E-state index contributed by atoms with van der Waals surface area (Å²) in [6, 6.07) is 26.4. The topological polar surface area (TPSA) is 54.3 Å². The van der Waals surface area contributed by atoms with Gasteiger partial charge in [-0.05, 0) is 28.8 Å². The van der Waals surface area contributed by atoms with Crippen molar-refractivity contribution < 1.29 is 19.1 Å². The van der Waals surface area contributed by atoms with Gasteiger partial charge >= 0.3 is 0 Å². The zero-order chi connectivity index (χ0) is 22.9. The summed E-state index contributed by atoms with van der Waals surface area (Å²) < 4.78 is 19.4. The monoisotopic (exact) mass is 448 g/mol. The van der Waals surface area contributed by atoms with E-state index in [0.29, 0.717) is 32.7 Å². The largest absolute Gasteiger partial charge is 0.390 e. The van der Waals surface area contributed by atoms with Crippen LogP contribution in [-0.2, 0) is 22.7 Å². The molecule has 1 heterocycles. The number of rotatable bonds is 11. The van der Waals surface area contributed by atoms with Crippen LogP contribution in [0.5, 0.6) is 0 Å². The molecule has 0 fully saturated rings. The van der Waals surface area contributed by atoms with Crippen molar-refractivity contribution >= 4 is 5.71 Å². The maximum atomic E-state index is 13.7. The summed E-state index contributed by atoms with van der Waals surface area (Å²) in [6.07, 6.45) is -0.131. The standard InChI is InChI=1S/C27H29FN2O3/c28-24-13-7-10-22(14-24)16-30(17-25(31)20-32-19-21-8-3-1-4-9-21)18-26-15-27(29-33-26)23-11-5-2-6-12-23/h1-14,25-26,31H,15-20H2/t25-,26+/m1/s1. The minimum atomic E-state index is -0.682. The number of aliphatic hydroxyl groups is 1. The second-order valence-electron chi connectivity index (χ2n) is 8.31. The predicted octanol–water partition coefficient (Wildman–Crippen LogP) is 4.40. The lowest BCUT2D eigenvalue weighted by molar-refractivity contribution is -0.00650. The number of halogens is 1. The van der Waals surface area contributed by atoms with Crippen LogP contribution >= 0.6 is 0 Å². The molecule has 6 heteroatoms. The maximum Gasteiger partial charge on any atom is 0.145 e. The molecule has 0 saturated carbocycles. The molecule has 0 unspecified atom stereocenters. The van der Waals surface area contributed by atoms with Crippen LogP contribution in [0, 0.1) is 5.82 Å². The Balaban J connectivity index is 1.34. The van der Waals surface area contributed by atoms with Crippen LogP contribution in [0.2, 0.25) is 0 Å². The Bertz CT molecular complexity index is 1030. The molecule has 3 aromatic carbocycles. The molecule has 3 aromatic rings. The van der Waals surface area contributed by atoms with E-state index in [9.17, 15) is 9.50 Å². The molecule has 1 aliphatic rings. The van der Waals surface area contributed by atoms with Crippen molar-refractivity contribution in [3.05, 3.63) is 107 Å². The summed E-state index contributed by atoms with van der Waals surface area (Å²) in [5.74, 6) is -0.272. The molecule has 0 saturated heterocycles. The molecule has 172 valence electrons. The summed E-state index contributed by atoms with van der Waals surface area (Å²) in [5.41, 5.74) is 3.87. The van der Waals surface area contributed by atoms with Crippen LogP contribution in [0.25, 0.3) is 0 Å². The second kappa shape index (κ2) is 11.7. The number of hydrogen-bond donors (Lipinski definition) is 1. The van der Waals surface area contributed by atoms with Crippen LogP contribution in [0.1, 0.15) is 23.1 Å². The molecule has 1 aliphatic heterocycles. The minimum Gasteiger partial charge on any atom is -0.390 e. The fourth-order valence-corrected chi connectivity index (χ4v) is 3.95. The van der Waals surface area contributed by atoms with Gasteiger partial charge in [0.05, 0.1) is 25.0 Å². The first-order chi connectivity index (χ1) is 16.2. The van der Waals surface area contributed by atoms with Crippen molar-refractivity contribution in [2.24, 2.45) is 5.16 Å². The molecule has 0 bridgehead atoms. The number of benzene rings is 3. The van der Waals surface area contributed by atoms with Crippen LogP contribution in [0.3, 0.4) is 0 Å². The Kier molecular flexibility index (Phi) is 8.19. The van der Waals surface area contributed by atoms with Crippen LogP contribution in [0.15, 0.2) is 90.1 Å². The van der Waals surface area contributed by atoms with Gasteiger partial charge in [-0.1, -0.05) is 78.0 Å². The number of aliphatic hydroxyl groups excluding tert-OH is 1. The Morgan fingerprint density at radius 3 is 2.48 bits per heavy atom. The lowest BCUT2D eigenvalue weighted by Gasteiger charge is -2.27. The van der Waals surface area contributed by atoms with Crippen molar-refractivity contribution in [1.82, 2.24) is 4.90 Å². The first kappa shape index (κ1) is 23.1. The molecule has 33 heavy (non-hydrogen) atoms. The smallest absolute Gasteiger partial charge is 0.145 e. The summed E-state index contributed by atoms with van der Waals surface area (Å²) in [5, 5.41) is 14.9. The minimum absolute atomic E-state index is 0.133. The summed E-state index contributed by atoms with van der Waals surface area (Å²) in [7, 11) is 0. The fourth-order valence-electron chi connectivity index (χ4n) is 3.95. The molecular formula is C27H29FN2O3. The third kappa shape index (κ3) is 7.22. The highest BCUT2D eigenvalue weighted by Crippen LogP contribution is 2.19. The zero-order valence-electron chi connectivity index (χ0n) is 18.5. The Morgan fingerprint density at radius 2 is 1.73 bits per heavy atom. The SMILES string of the molecule is O[C@@H](COCc1ccccc1)CN(Cc1cccc(F)c1)C[C@@H]1CC(c2ccccc2)=NO1. The second-order valence-corrected chi connectivity index (χ2v) is 8.31. The highest BCUT2D eigenvalue weighted by molar-refractivity contribution is 6.01. The molecule has 0 aliphatic carbocycles. The average molecular weight is 449 g/mol. The van der Waals surface area contributed by atoms with Crippen molar-refractivity contribution in [3.63, 3.8) is 0 Å². The third-order valence-electron chi connectivity index (χ3n) is 5.49. The van der Waals surface area contributed by atoms with Crippen LogP contribution < -0.4 is 0 Å². The number of ether oxygens (including phenoxy) is 1. The van der Waals surface area contributed by atoms with Gasteiger partial charge in [-0.15, -0.1) is 0 Å². The number of oxime groups is 1. The molecule has 0 amide bonds. The molecule has 5 nitrogen and oxygen atoms in total. The summed E-state index contributed by atoms with van der Waals surface area (Å²) >= 11 is 0.